The van der Waals surface area contributed by atoms with Crippen molar-refractivity contribution in [2.75, 3.05) is 17.7 Å². The van der Waals surface area contributed by atoms with Gasteiger partial charge in [-0.15, -0.1) is 23.1 Å². The molecule has 1 heterocycles. The number of carbonyl (C=O) groups excluding carboxylic acids is 3. The zero-order valence-electron chi connectivity index (χ0n) is 22.6. The van der Waals surface area contributed by atoms with Gasteiger partial charge in [0.05, 0.1) is 17.6 Å². The number of nitro benzene ring substituents is 1. The highest BCUT2D eigenvalue weighted by molar-refractivity contribution is 8.00. The minimum absolute atomic E-state index is 0.100. The monoisotopic (exact) mass is 601 g/mol. The Labute approximate surface area is 250 Å². The highest BCUT2D eigenvalue weighted by atomic mass is 32.2. The summed E-state index contributed by atoms with van der Waals surface area (Å²) in [5, 5.41) is 16.6. The van der Waals surface area contributed by atoms with Gasteiger partial charge in [-0.05, 0) is 67.1 Å². The number of esters is 1. The lowest BCUT2D eigenvalue weighted by atomic mass is 9.95. The molecule has 1 aromatic heterocycles. The molecule has 0 aliphatic heterocycles. The summed E-state index contributed by atoms with van der Waals surface area (Å²) in [6.07, 6.45) is 3.68. The van der Waals surface area contributed by atoms with Crippen LogP contribution in [-0.4, -0.2) is 29.8 Å². The van der Waals surface area contributed by atoms with Gasteiger partial charge >= 0.3 is 5.97 Å². The standard InChI is InChI=1S/C31H27N3O6S2/c1-40-31(37)26-24-12-5-6-13-25(24)42-30(26)33-29(36)27(19-8-3-2-4-9-19)41-23-11-7-10-21(18-23)32-28(35)20-14-16-22(17-15-20)34(38)39/h2-4,7-11,14-18,27H,5-6,12-13H2,1H3,(H,32,35)(H,33,36). The fourth-order valence-electron chi connectivity index (χ4n) is 4.77. The molecule has 4 aromatic rings. The van der Waals surface area contributed by atoms with Crippen molar-refractivity contribution < 1.29 is 24.0 Å². The average molecular weight is 602 g/mol. The molecule has 0 spiro atoms. The summed E-state index contributed by atoms with van der Waals surface area (Å²) < 4.78 is 5.06. The van der Waals surface area contributed by atoms with E-state index in [0.717, 1.165) is 46.6 Å². The number of hydrogen-bond acceptors (Lipinski definition) is 8. The molecular weight excluding hydrogens is 574 g/mol. The maximum absolute atomic E-state index is 13.8. The Hall–Kier alpha value is -4.48. The maximum atomic E-state index is 13.8. The van der Waals surface area contributed by atoms with Crippen molar-refractivity contribution >= 4 is 57.3 Å². The lowest BCUT2D eigenvalue weighted by Crippen LogP contribution is -2.20. The number of hydrogen-bond donors (Lipinski definition) is 2. The summed E-state index contributed by atoms with van der Waals surface area (Å²) in [7, 11) is 1.34. The van der Waals surface area contributed by atoms with E-state index < -0.39 is 22.0 Å². The molecule has 0 fully saturated rings. The molecule has 1 unspecified atom stereocenters. The number of nitrogens with one attached hydrogen (secondary N) is 2. The first kappa shape index (κ1) is 29.0. The van der Waals surface area contributed by atoms with E-state index in [4.69, 9.17) is 4.74 Å². The number of methoxy groups -OCH3 is 1. The Balaban J connectivity index is 1.38. The lowest BCUT2D eigenvalue weighted by molar-refractivity contribution is -0.384. The molecule has 214 valence electrons. The molecule has 1 aliphatic rings. The van der Waals surface area contributed by atoms with E-state index in [2.05, 4.69) is 10.6 Å². The van der Waals surface area contributed by atoms with E-state index in [1.54, 1.807) is 18.2 Å². The third-order valence-electron chi connectivity index (χ3n) is 6.82. The van der Waals surface area contributed by atoms with Crippen molar-refractivity contribution in [1.29, 1.82) is 0 Å². The van der Waals surface area contributed by atoms with Gasteiger partial charge < -0.3 is 15.4 Å². The van der Waals surface area contributed by atoms with Crippen molar-refractivity contribution in [3.8, 4) is 0 Å². The molecule has 0 saturated heterocycles. The smallest absolute Gasteiger partial charge is 0.341 e. The number of thiophene rings is 1. The van der Waals surface area contributed by atoms with Gasteiger partial charge in [-0.1, -0.05) is 36.4 Å². The Bertz CT molecular complexity index is 1640. The Kier molecular flexibility index (Phi) is 8.99. The van der Waals surface area contributed by atoms with Gasteiger partial charge in [0.25, 0.3) is 11.6 Å². The first-order valence-corrected chi connectivity index (χ1v) is 14.9. The second-order valence-corrected chi connectivity index (χ2v) is 11.9. The molecule has 11 heteroatoms. The van der Waals surface area contributed by atoms with Crippen molar-refractivity contribution in [2.24, 2.45) is 0 Å². The van der Waals surface area contributed by atoms with Crippen molar-refractivity contribution in [3.63, 3.8) is 0 Å². The van der Waals surface area contributed by atoms with Crippen LogP contribution in [0.4, 0.5) is 16.4 Å². The highest BCUT2D eigenvalue weighted by Gasteiger charge is 2.29. The van der Waals surface area contributed by atoms with E-state index >= 15 is 0 Å². The van der Waals surface area contributed by atoms with E-state index in [9.17, 15) is 24.5 Å². The SMILES string of the molecule is COC(=O)c1c(NC(=O)C(Sc2cccc(NC(=O)c3ccc([N+](=O)[O-])cc3)c2)c2ccccc2)sc2c1CCCC2. The van der Waals surface area contributed by atoms with Gasteiger partial charge in [-0.3, -0.25) is 19.7 Å². The Morgan fingerprint density at radius 3 is 2.40 bits per heavy atom. The number of fused-ring (bicyclic) bond motifs is 1. The van der Waals surface area contributed by atoms with E-state index in [0.29, 0.717) is 16.3 Å². The Morgan fingerprint density at radius 2 is 1.69 bits per heavy atom. The fraction of sp³-hybridized carbons (Fsp3) is 0.194. The fourth-order valence-corrected chi connectivity index (χ4v) is 7.14. The van der Waals surface area contributed by atoms with Crippen LogP contribution in [0.25, 0.3) is 0 Å². The number of ether oxygens (including phenoxy) is 1. The van der Waals surface area contributed by atoms with Gasteiger partial charge in [-0.2, -0.15) is 0 Å². The molecule has 3 aromatic carbocycles. The number of carbonyl (C=O) groups is 3. The van der Waals surface area contributed by atoms with Crippen LogP contribution < -0.4 is 10.6 Å². The van der Waals surface area contributed by atoms with Crippen LogP contribution in [0.2, 0.25) is 0 Å². The topological polar surface area (TPSA) is 128 Å². The molecule has 1 atom stereocenters. The molecule has 42 heavy (non-hydrogen) atoms. The first-order valence-electron chi connectivity index (χ1n) is 13.2. The summed E-state index contributed by atoms with van der Waals surface area (Å²) in [5.74, 6) is -1.15. The van der Waals surface area contributed by atoms with Crippen LogP contribution in [0, 0.1) is 10.1 Å². The zero-order valence-corrected chi connectivity index (χ0v) is 24.3. The van der Waals surface area contributed by atoms with Crippen molar-refractivity contribution in [2.45, 2.75) is 35.8 Å². The zero-order chi connectivity index (χ0) is 29.6. The molecule has 0 bridgehead atoms. The Morgan fingerprint density at radius 1 is 0.952 bits per heavy atom. The molecule has 2 N–H and O–H groups in total. The molecule has 9 nitrogen and oxygen atoms in total. The quantitative estimate of drug-likeness (QED) is 0.0911. The molecule has 1 aliphatic carbocycles. The first-order chi connectivity index (χ1) is 20.3. The summed E-state index contributed by atoms with van der Waals surface area (Å²) >= 11 is 2.75. The van der Waals surface area contributed by atoms with Gasteiger partial charge in [0.1, 0.15) is 10.3 Å². The third-order valence-corrected chi connectivity index (χ3v) is 9.28. The number of rotatable bonds is 9. The van der Waals surface area contributed by atoms with Crippen LogP contribution >= 0.6 is 23.1 Å². The van der Waals surface area contributed by atoms with E-state index in [1.165, 1.54) is 54.5 Å². The number of thioether (sulfide) groups is 1. The second kappa shape index (κ2) is 13.0. The van der Waals surface area contributed by atoms with Gasteiger partial charge in [-0.25, -0.2) is 4.79 Å². The normalized spacial score (nSPS) is 13.0. The number of amides is 2. The van der Waals surface area contributed by atoms with Crippen molar-refractivity contribution in [3.05, 3.63) is 116 Å². The summed E-state index contributed by atoms with van der Waals surface area (Å²) in [4.78, 5) is 51.5. The van der Waals surface area contributed by atoms with Gasteiger partial charge in [0.2, 0.25) is 5.91 Å². The minimum atomic E-state index is -0.656. The molecule has 0 saturated carbocycles. The summed E-state index contributed by atoms with van der Waals surface area (Å²) in [6.45, 7) is 0. The van der Waals surface area contributed by atoms with Crippen LogP contribution in [0.15, 0.2) is 83.8 Å². The largest absolute Gasteiger partial charge is 0.465 e. The van der Waals surface area contributed by atoms with Crippen LogP contribution in [0.1, 0.15) is 54.8 Å². The predicted octanol–water partition coefficient (Wildman–Crippen LogP) is 7.05. The number of non-ortho nitro benzene ring substituents is 1. The minimum Gasteiger partial charge on any atom is -0.465 e. The highest BCUT2D eigenvalue weighted by Crippen LogP contribution is 2.41. The molecule has 0 radical (unpaired) electrons. The molecular formula is C31H27N3O6S2. The number of nitrogens with zero attached hydrogens (tertiary/aromatic N) is 1. The maximum Gasteiger partial charge on any atom is 0.341 e. The van der Waals surface area contributed by atoms with E-state index in [1.807, 2.05) is 36.4 Å². The summed E-state index contributed by atoms with van der Waals surface area (Å²) in [5.41, 5.74) is 2.87. The average Bonchev–Trinajstić information content (AvgIpc) is 3.37. The summed E-state index contributed by atoms with van der Waals surface area (Å²) in [6, 6.07) is 21.8. The lowest BCUT2D eigenvalue weighted by Gasteiger charge is -2.18. The number of aryl methyl sites for hydroxylation is 1. The number of nitro groups is 1. The second-order valence-electron chi connectivity index (χ2n) is 9.59. The molecule has 5 rings (SSSR count). The van der Waals surface area contributed by atoms with Crippen LogP contribution in [0.3, 0.4) is 0 Å². The van der Waals surface area contributed by atoms with E-state index in [-0.39, 0.29) is 17.2 Å². The van der Waals surface area contributed by atoms with Crippen molar-refractivity contribution in [1.82, 2.24) is 0 Å². The van der Waals surface area contributed by atoms with Gasteiger partial charge in [0.15, 0.2) is 0 Å². The molecule has 2 amide bonds. The predicted molar refractivity (Wildman–Crippen MR) is 163 cm³/mol. The van der Waals surface area contributed by atoms with Crippen LogP contribution in [-0.2, 0) is 22.4 Å². The number of anilines is 2. The van der Waals surface area contributed by atoms with Crippen LogP contribution in [0.5, 0.6) is 0 Å². The third kappa shape index (κ3) is 6.53. The van der Waals surface area contributed by atoms with Gasteiger partial charge in [0, 0.05) is 33.2 Å². The number of benzene rings is 3.